The van der Waals surface area contributed by atoms with Gasteiger partial charge in [-0.15, -0.1) is 0 Å². The minimum Gasteiger partial charge on any atom is -0.376 e. The topological polar surface area (TPSA) is 73.6 Å². The van der Waals surface area contributed by atoms with E-state index in [2.05, 4.69) is 5.43 Å². The van der Waals surface area contributed by atoms with E-state index in [0.29, 0.717) is 26.1 Å². The Morgan fingerprint density at radius 1 is 1.27 bits per heavy atom. The molecule has 0 aromatic rings. The van der Waals surface area contributed by atoms with Crippen molar-refractivity contribution in [2.75, 3.05) is 13.2 Å². The van der Waals surface area contributed by atoms with Gasteiger partial charge in [-0.1, -0.05) is 0 Å². The van der Waals surface area contributed by atoms with E-state index >= 15 is 0 Å². The molecule has 1 amide bonds. The summed E-state index contributed by atoms with van der Waals surface area (Å²) in [5.74, 6) is 4.79. The molecule has 0 rings (SSSR count). The summed E-state index contributed by atoms with van der Waals surface area (Å²) in [4.78, 5) is 10.8. The van der Waals surface area contributed by atoms with Gasteiger partial charge in [-0.2, -0.15) is 0 Å². The number of nitrogens with one attached hydrogen (secondary N) is 1. The second-order valence-corrected chi connectivity index (χ2v) is 3.71. The van der Waals surface area contributed by atoms with Crippen molar-refractivity contribution >= 4 is 5.91 Å². The lowest BCUT2D eigenvalue weighted by Gasteiger charge is -2.13. The number of rotatable bonds is 8. The Balaban J connectivity index is 3.33. The summed E-state index contributed by atoms with van der Waals surface area (Å²) >= 11 is 0. The van der Waals surface area contributed by atoms with Crippen LogP contribution in [0.5, 0.6) is 0 Å². The maximum atomic E-state index is 10.8. The van der Waals surface area contributed by atoms with Gasteiger partial charge in [0.1, 0.15) is 0 Å². The molecule has 0 bridgehead atoms. The fourth-order valence-electron chi connectivity index (χ4n) is 1.02. The summed E-state index contributed by atoms with van der Waals surface area (Å²) in [5, 5.41) is 0. The highest BCUT2D eigenvalue weighted by atomic mass is 16.5. The zero-order chi connectivity index (χ0) is 11.7. The largest absolute Gasteiger partial charge is 0.376 e. The number of nitrogens with two attached hydrogens (primary N) is 1. The predicted octanol–water partition coefficient (Wildman–Crippen LogP) is 0.587. The van der Waals surface area contributed by atoms with E-state index in [0.717, 1.165) is 0 Å². The lowest BCUT2D eigenvalue weighted by molar-refractivity contribution is -0.121. The van der Waals surface area contributed by atoms with Crippen molar-refractivity contribution in [3.63, 3.8) is 0 Å². The van der Waals surface area contributed by atoms with Gasteiger partial charge in [0.15, 0.2) is 0 Å². The van der Waals surface area contributed by atoms with Crippen LogP contribution in [0.3, 0.4) is 0 Å². The number of ether oxygens (including phenoxy) is 2. The first-order valence-corrected chi connectivity index (χ1v) is 5.29. The molecule has 0 saturated carbocycles. The number of carbonyl (C=O) groups excluding carboxylic acids is 1. The number of hydrazine groups is 1. The molecule has 0 aromatic heterocycles. The lowest BCUT2D eigenvalue weighted by Crippen LogP contribution is -2.30. The quantitative estimate of drug-likeness (QED) is 0.270. The number of amides is 1. The molecule has 15 heavy (non-hydrogen) atoms. The van der Waals surface area contributed by atoms with Gasteiger partial charge in [-0.3, -0.25) is 10.2 Å². The molecular formula is C10H22N2O3. The van der Waals surface area contributed by atoms with Crippen molar-refractivity contribution in [2.45, 2.75) is 45.8 Å². The average molecular weight is 218 g/mol. The zero-order valence-corrected chi connectivity index (χ0v) is 9.79. The molecule has 0 aliphatic carbocycles. The third-order valence-electron chi connectivity index (χ3n) is 1.88. The molecule has 3 N–H and O–H groups in total. The highest BCUT2D eigenvalue weighted by Crippen LogP contribution is 2.01. The monoisotopic (exact) mass is 218 g/mol. The molecule has 0 aliphatic heterocycles. The summed E-state index contributed by atoms with van der Waals surface area (Å²) in [5.41, 5.74) is 2.08. The van der Waals surface area contributed by atoms with E-state index in [4.69, 9.17) is 15.3 Å². The number of hydrogen-bond acceptors (Lipinski definition) is 4. The fraction of sp³-hybridized carbons (Fsp3) is 0.900. The number of hydrogen-bond donors (Lipinski definition) is 2. The van der Waals surface area contributed by atoms with Gasteiger partial charge < -0.3 is 9.47 Å². The van der Waals surface area contributed by atoms with Crippen LogP contribution in [0.4, 0.5) is 0 Å². The molecule has 0 fully saturated rings. The molecular weight excluding hydrogens is 196 g/mol. The Kier molecular flexibility index (Phi) is 8.27. The third kappa shape index (κ3) is 9.65. The van der Waals surface area contributed by atoms with Crippen LogP contribution < -0.4 is 11.3 Å². The third-order valence-corrected chi connectivity index (χ3v) is 1.88. The van der Waals surface area contributed by atoms with Crippen LogP contribution in [0.25, 0.3) is 0 Å². The zero-order valence-electron chi connectivity index (χ0n) is 9.79. The van der Waals surface area contributed by atoms with Gasteiger partial charge >= 0.3 is 0 Å². The SMILES string of the molecule is CC(C)OCCOC(C)CCC(=O)NN. The van der Waals surface area contributed by atoms with Gasteiger partial charge in [-0.05, 0) is 27.2 Å². The Hall–Kier alpha value is -0.650. The molecule has 5 nitrogen and oxygen atoms in total. The molecule has 0 aliphatic rings. The first-order chi connectivity index (χ1) is 7.06. The highest BCUT2D eigenvalue weighted by molar-refractivity contribution is 5.75. The summed E-state index contributed by atoms with van der Waals surface area (Å²) in [7, 11) is 0. The van der Waals surface area contributed by atoms with Crippen molar-refractivity contribution in [3.8, 4) is 0 Å². The maximum absolute atomic E-state index is 10.8. The first kappa shape index (κ1) is 14.3. The van der Waals surface area contributed by atoms with Crippen LogP contribution in [0.15, 0.2) is 0 Å². The summed E-state index contributed by atoms with van der Waals surface area (Å²) in [6.45, 7) is 7.04. The van der Waals surface area contributed by atoms with Crippen molar-refractivity contribution in [3.05, 3.63) is 0 Å². The van der Waals surface area contributed by atoms with Crippen LogP contribution in [-0.2, 0) is 14.3 Å². The van der Waals surface area contributed by atoms with Crippen LogP contribution in [0, 0.1) is 0 Å². The molecule has 0 radical (unpaired) electrons. The molecule has 5 heteroatoms. The van der Waals surface area contributed by atoms with Gasteiger partial charge in [0.25, 0.3) is 0 Å². The smallest absolute Gasteiger partial charge is 0.233 e. The van der Waals surface area contributed by atoms with E-state index in [9.17, 15) is 4.79 Å². The highest BCUT2D eigenvalue weighted by Gasteiger charge is 2.05. The Morgan fingerprint density at radius 3 is 2.40 bits per heavy atom. The lowest BCUT2D eigenvalue weighted by atomic mass is 10.2. The maximum Gasteiger partial charge on any atom is 0.233 e. The minimum atomic E-state index is -0.163. The van der Waals surface area contributed by atoms with Crippen molar-refractivity contribution < 1.29 is 14.3 Å². The second-order valence-electron chi connectivity index (χ2n) is 3.71. The van der Waals surface area contributed by atoms with E-state index in [-0.39, 0.29) is 18.1 Å². The van der Waals surface area contributed by atoms with Gasteiger partial charge in [0.05, 0.1) is 25.4 Å². The normalized spacial score (nSPS) is 12.9. The second kappa shape index (κ2) is 8.64. The van der Waals surface area contributed by atoms with Crippen molar-refractivity contribution in [2.24, 2.45) is 5.84 Å². The van der Waals surface area contributed by atoms with Gasteiger partial charge in [-0.25, -0.2) is 5.84 Å². The minimum absolute atomic E-state index is 0.0538. The standard InChI is InChI=1S/C10H22N2O3/c1-8(2)14-6-7-15-9(3)4-5-10(13)12-11/h8-9H,4-7,11H2,1-3H3,(H,12,13). The Morgan fingerprint density at radius 2 is 1.87 bits per heavy atom. The van der Waals surface area contributed by atoms with Crippen molar-refractivity contribution in [1.82, 2.24) is 5.43 Å². The number of carbonyl (C=O) groups is 1. The Labute approximate surface area is 91.3 Å². The van der Waals surface area contributed by atoms with Crippen LogP contribution in [0.1, 0.15) is 33.6 Å². The Bertz CT molecular complexity index is 174. The first-order valence-electron chi connectivity index (χ1n) is 5.29. The summed E-state index contributed by atoms with van der Waals surface area (Å²) in [6.07, 6.45) is 1.35. The van der Waals surface area contributed by atoms with E-state index in [1.54, 1.807) is 0 Å². The van der Waals surface area contributed by atoms with Crippen molar-refractivity contribution in [1.29, 1.82) is 0 Å². The molecule has 0 aromatic carbocycles. The summed E-state index contributed by atoms with van der Waals surface area (Å²) < 4.78 is 10.8. The average Bonchev–Trinajstić information content (AvgIpc) is 2.20. The molecule has 0 saturated heterocycles. The molecule has 1 unspecified atom stereocenters. The molecule has 0 spiro atoms. The van der Waals surface area contributed by atoms with E-state index in [1.807, 2.05) is 20.8 Å². The molecule has 1 atom stereocenters. The fourth-order valence-corrected chi connectivity index (χ4v) is 1.02. The molecule has 90 valence electrons. The molecule has 0 heterocycles. The van der Waals surface area contributed by atoms with E-state index in [1.165, 1.54) is 0 Å². The summed E-state index contributed by atoms with van der Waals surface area (Å²) in [6, 6.07) is 0. The van der Waals surface area contributed by atoms with Crippen LogP contribution in [0.2, 0.25) is 0 Å². The predicted molar refractivity (Wildman–Crippen MR) is 58.1 cm³/mol. The van der Waals surface area contributed by atoms with Crippen LogP contribution in [-0.4, -0.2) is 31.3 Å². The van der Waals surface area contributed by atoms with Crippen LogP contribution >= 0.6 is 0 Å². The van der Waals surface area contributed by atoms with E-state index < -0.39 is 0 Å². The van der Waals surface area contributed by atoms with Gasteiger partial charge in [0, 0.05) is 6.42 Å². The van der Waals surface area contributed by atoms with Gasteiger partial charge in [0.2, 0.25) is 5.91 Å².